The number of rotatable bonds is 7. The molecule has 31 heavy (non-hydrogen) atoms. The molecule has 1 unspecified atom stereocenters. The Kier molecular flexibility index (Phi) is 5.60. The number of hydrogen-bond acceptors (Lipinski definition) is 6. The van der Waals surface area contributed by atoms with Crippen molar-refractivity contribution in [3.8, 4) is 5.69 Å². The summed E-state index contributed by atoms with van der Waals surface area (Å²) in [5.74, 6) is -0.708. The third kappa shape index (κ3) is 4.09. The SMILES string of the molecule is CC(C)(C(=O)Nc1nncs1)C(CC=N)c1ccc2c(cnn2-c2ccc(F)cc2)c1. The number of fused-ring (bicyclic) bond motifs is 1. The molecule has 9 heteroatoms. The van der Waals surface area contributed by atoms with Gasteiger partial charge < -0.3 is 10.7 Å². The molecule has 7 nitrogen and oxygen atoms in total. The Morgan fingerprint density at radius 1 is 1.29 bits per heavy atom. The van der Waals surface area contributed by atoms with Crippen molar-refractivity contribution in [3.63, 3.8) is 0 Å². The van der Waals surface area contributed by atoms with Gasteiger partial charge in [-0.3, -0.25) is 4.79 Å². The molecule has 0 radical (unpaired) electrons. The van der Waals surface area contributed by atoms with Crippen molar-refractivity contribution in [2.75, 3.05) is 5.32 Å². The molecular weight excluding hydrogens is 415 g/mol. The molecule has 1 atom stereocenters. The van der Waals surface area contributed by atoms with E-state index < -0.39 is 5.41 Å². The third-order valence-electron chi connectivity index (χ3n) is 5.46. The Morgan fingerprint density at radius 3 is 2.74 bits per heavy atom. The fraction of sp³-hybridized carbons (Fsp3) is 0.227. The minimum atomic E-state index is -0.802. The van der Waals surface area contributed by atoms with Gasteiger partial charge in [0.05, 0.1) is 22.8 Å². The van der Waals surface area contributed by atoms with Gasteiger partial charge in [0.15, 0.2) is 0 Å². The number of benzene rings is 2. The zero-order valence-electron chi connectivity index (χ0n) is 17.0. The maximum absolute atomic E-state index is 13.3. The summed E-state index contributed by atoms with van der Waals surface area (Å²) in [5, 5.41) is 23.9. The number of anilines is 1. The first-order valence-electron chi connectivity index (χ1n) is 9.70. The first-order chi connectivity index (χ1) is 14.9. The van der Waals surface area contributed by atoms with E-state index in [-0.39, 0.29) is 17.6 Å². The van der Waals surface area contributed by atoms with Crippen molar-refractivity contribution in [1.29, 1.82) is 5.41 Å². The highest BCUT2D eigenvalue weighted by molar-refractivity contribution is 7.13. The number of nitrogens with zero attached hydrogens (tertiary/aromatic N) is 4. The molecule has 158 valence electrons. The summed E-state index contributed by atoms with van der Waals surface area (Å²) >= 11 is 1.26. The van der Waals surface area contributed by atoms with E-state index in [0.29, 0.717) is 11.6 Å². The van der Waals surface area contributed by atoms with E-state index in [4.69, 9.17) is 5.41 Å². The zero-order valence-corrected chi connectivity index (χ0v) is 17.9. The number of carbonyl (C=O) groups is 1. The Bertz CT molecular complexity index is 1220. The van der Waals surface area contributed by atoms with Crippen LogP contribution < -0.4 is 5.32 Å². The molecular formula is C22H21FN6OS. The van der Waals surface area contributed by atoms with E-state index in [9.17, 15) is 9.18 Å². The standard InChI is InChI=1S/C22H21FN6OS/c1-22(2,20(30)27-21-28-25-13-31-21)18(9-10-24)14-3-8-19-15(11-14)12-26-29(19)17-6-4-16(23)5-7-17/h3-8,10-13,18,24H,9H2,1-2H3,(H,27,28,30). The quantitative estimate of drug-likeness (QED) is 0.407. The van der Waals surface area contributed by atoms with Crippen LogP contribution in [0, 0.1) is 16.6 Å². The summed E-state index contributed by atoms with van der Waals surface area (Å²) in [5.41, 5.74) is 3.33. The highest BCUT2D eigenvalue weighted by atomic mass is 32.1. The predicted octanol–water partition coefficient (Wildman–Crippen LogP) is 4.80. The normalized spacial score (nSPS) is 12.6. The Balaban J connectivity index is 1.68. The highest BCUT2D eigenvalue weighted by Crippen LogP contribution is 2.40. The molecule has 2 aromatic carbocycles. The largest absolute Gasteiger partial charge is 0.313 e. The topological polar surface area (TPSA) is 96.6 Å². The lowest BCUT2D eigenvalue weighted by Crippen LogP contribution is -2.36. The average Bonchev–Trinajstić information content (AvgIpc) is 3.42. The molecule has 4 rings (SSSR count). The summed E-state index contributed by atoms with van der Waals surface area (Å²) in [7, 11) is 0. The fourth-order valence-corrected chi connectivity index (χ4v) is 4.11. The van der Waals surface area contributed by atoms with Gasteiger partial charge in [-0.2, -0.15) is 5.10 Å². The van der Waals surface area contributed by atoms with Gasteiger partial charge in [-0.25, -0.2) is 9.07 Å². The van der Waals surface area contributed by atoms with Crippen molar-refractivity contribution in [2.45, 2.75) is 26.2 Å². The van der Waals surface area contributed by atoms with E-state index in [0.717, 1.165) is 22.2 Å². The number of hydrogen-bond donors (Lipinski definition) is 2. The monoisotopic (exact) mass is 436 g/mol. The van der Waals surface area contributed by atoms with Gasteiger partial charge >= 0.3 is 0 Å². The number of halogens is 1. The molecule has 0 fully saturated rings. The second-order valence-corrected chi connectivity index (χ2v) is 8.60. The highest BCUT2D eigenvalue weighted by Gasteiger charge is 2.37. The molecule has 0 aliphatic rings. The summed E-state index contributed by atoms with van der Waals surface area (Å²) < 4.78 is 15.0. The van der Waals surface area contributed by atoms with Crippen LogP contribution in [0.15, 0.2) is 54.2 Å². The molecule has 2 heterocycles. The van der Waals surface area contributed by atoms with Gasteiger partial charge in [-0.1, -0.05) is 31.3 Å². The van der Waals surface area contributed by atoms with Crippen LogP contribution in [0.5, 0.6) is 0 Å². The van der Waals surface area contributed by atoms with Crippen LogP contribution in [0.2, 0.25) is 0 Å². The number of carbonyl (C=O) groups excluding carboxylic acids is 1. The van der Waals surface area contributed by atoms with E-state index >= 15 is 0 Å². The van der Waals surface area contributed by atoms with Gasteiger partial charge in [-0.15, -0.1) is 10.2 Å². The second kappa shape index (κ2) is 8.35. The maximum Gasteiger partial charge on any atom is 0.232 e. The lowest BCUT2D eigenvalue weighted by atomic mass is 9.72. The molecule has 0 aliphatic heterocycles. The molecule has 0 spiro atoms. The molecule has 0 bridgehead atoms. The Labute approximate surface area is 182 Å². The minimum Gasteiger partial charge on any atom is -0.313 e. The van der Waals surface area contributed by atoms with Gasteiger partial charge in [0.2, 0.25) is 11.0 Å². The Morgan fingerprint density at radius 2 is 2.06 bits per heavy atom. The van der Waals surface area contributed by atoms with Crippen LogP contribution in [-0.4, -0.2) is 32.1 Å². The molecule has 0 saturated heterocycles. The molecule has 2 N–H and O–H groups in total. The summed E-state index contributed by atoms with van der Waals surface area (Å²) in [4.78, 5) is 13.0. The van der Waals surface area contributed by atoms with Crippen LogP contribution >= 0.6 is 11.3 Å². The van der Waals surface area contributed by atoms with Gasteiger partial charge in [0, 0.05) is 11.3 Å². The zero-order chi connectivity index (χ0) is 22.0. The third-order valence-corrected chi connectivity index (χ3v) is 6.06. The smallest absolute Gasteiger partial charge is 0.232 e. The van der Waals surface area contributed by atoms with Gasteiger partial charge in [0.1, 0.15) is 11.3 Å². The first kappa shape index (κ1) is 20.8. The van der Waals surface area contributed by atoms with Gasteiger partial charge in [-0.05, 0) is 54.6 Å². The lowest BCUT2D eigenvalue weighted by molar-refractivity contribution is -0.125. The van der Waals surface area contributed by atoms with Crippen molar-refractivity contribution in [2.24, 2.45) is 5.41 Å². The molecule has 2 aromatic heterocycles. The number of aromatic nitrogens is 4. The van der Waals surface area contributed by atoms with Crippen LogP contribution in [0.3, 0.4) is 0 Å². The number of amides is 1. The van der Waals surface area contributed by atoms with Crippen molar-refractivity contribution < 1.29 is 9.18 Å². The van der Waals surface area contributed by atoms with Crippen LogP contribution in [-0.2, 0) is 4.79 Å². The van der Waals surface area contributed by atoms with E-state index in [2.05, 4.69) is 20.6 Å². The molecule has 1 amide bonds. The molecule has 4 aromatic rings. The van der Waals surface area contributed by atoms with Crippen LogP contribution in [0.1, 0.15) is 31.7 Å². The first-order valence-corrected chi connectivity index (χ1v) is 10.6. The second-order valence-electron chi connectivity index (χ2n) is 7.76. The Hall–Kier alpha value is -3.46. The predicted molar refractivity (Wildman–Crippen MR) is 119 cm³/mol. The van der Waals surface area contributed by atoms with E-state index in [1.807, 2.05) is 32.0 Å². The fourth-order valence-electron chi connectivity index (χ4n) is 3.67. The van der Waals surface area contributed by atoms with Crippen molar-refractivity contribution in [1.82, 2.24) is 20.0 Å². The summed E-state index contributed by atoms with van der Waals surface area (Å²) in [6.07, 6.45) is 3.49. The van der Waals surface area contributed by atoms with Crippen LogP contribution in [0.4, 0.5) is 9.52 Å². The maximum atomic E-state index is 13.3. The van der Waals surface area contributed by atoms with Crippen LogP contribution in [0.25, 0.3) is 16.6 Å². The lowest BCUT2D eigenvalue weighted by Gasteiger charge is -2.32. The van der Waals surface area contributed by atoms with Crippen molar-refractivity contribution in [3.05, 3.63) is 65.6 Å². The van der Waals surface area contributed by atoms with E-state index in [1.165, 1.54) is 29.7 Å². The average molecular weight is 437 g/mol. The summed E-state index contributed by atoms with van der Waals surface area (Å²) in [6.45, 7) is 3.73. The summed E-state index contributed by atoms with van der Waals surface area (Å²) in [6, 6.07) is 12.0. The van der Waals surface area contributed by atoms with E-state index in [1.54, 1.807) is 28.5 Å². The molecule has 0 saturated carbocycles. The molecule has 0 aliphatic carbocycles. The number of nitrogens with one attached hydrogen (secondary N) is 2. The van der Waals surface area contributed by atoms with Gasteiger partial charge in [0.25, 0.3) is 0 Å². The minimum absolute atomic E-state index is 0.182. The van der Waals surface area contributed by atoms with Crippen molar-refractivity contribution >= 4 is 39.5 Å².